The maximum Gasteiger partial charge on any atom is 0.253 e. The molecule has 1 unspecified atom stereocenters. The number of hydrogen-bond donors (Lipinski definition) is 1. The van der Waals surface area contributed by atoms with Gasteiger partial charge in [0.2, 0.25) is 0 Å². The summed E-state index contributed by atoms with van der Waals surface area (Å²) >= 11 is 0. The molecule has 1 aliphatic rings. The van der Waals surface area contributed by atoms with Gasteiger partial charge in [-0.15, -0.1) is 5.10 Å². The highest BCUT2D eigenvalue weighted by molar-refractivity contribution is 5.81. The first kappa shape index (κ1) is 21.5. The van der Waals surface area contributed by atoms with E-state index in [4.69, 9.17) is 0 Å². The average Bonchev–Trinajstić information content (AvgIpc) is 3.25. The molecule has 7 nitrogen and oxygen atoms in total. The van der Waals surface area contributed by atoms with E-state index < -0.39 is 0 Å². The van der Waals surface area contributed by atoms with E-state index in [-0.39, 0.29) is 11.6 Å². The summed E-state index contributed by atoms with van der Waals surface area (Å²) in [5.74, 6) is 1.39. The summed E-state index contributed by atoms with van der Waals surface area (Å²) in [4.78, 5) is 18.9. The number of tetrazole rings is 1. The van der Waals surface area contributed by atoms with Crippen LogP contribution in [0.2, 0.25) is 0 Å². The van der Waals surface area contributed by atoms with Gasteiger partial charge in [-0.1, -0.05) is 37.3 Å². The van der Waals surface area contributed by atoms with Crippen molar-refractivity contribution < 1.29 is 0 Å². The summed E-state index contributed by atoms with van der Waals surface area (Å²) in [6.07, 6.45) is 2.20. The monoisotopic (exact) mass is 442 g/mol. The van der Waals surface area contributed by atoms with Crippen molar-refractivity contribution in [3.63, 3.8) is 0 Å². The number of nitrogens with zero attached hydrogens (tertiary/aromatic N) is 5. The van der Waals surface area contributed by atoms with E-state index in [2.05, 4.69) is 64.4 Å². The fourth-order valence-electron chi connectivity index (χ4n) is 4.76. The largest absolute Gasteiger partial charge is 0.322 e. The number of fused-ring (bicyclic) bond motifs is 1. The maximum atomic E-state index is 13.4. The van der Waals surface area contributed by atoms with Gasteiger partial charge < -0.3 is 4.98 Å². The number of pyridine rings is 1. The number of aromatic amines is 1. The first-order valence-electron chi connectivity index (χ1n) is 11.7. The molecule has 1 N–H and O–H groups in total. The standard InChI is InChI=1S/C26H30N6O/c1-17-9-11-31(12-10-17)24(25-28-29-30-32(25)16-20-7-5-4-6-8-20)22-15-21-13-18(2)19(3)14-23(21)27-26(22)33/h4-8,13-15,17,24H,9-12,16H2,1-3H3,(H,27,33). The van der Waals surface area contributed by atoms with Gasteiger partial charge in [0.05, 0.1) is 6.54 Å². The second-order valence-corrected chi connectivity index (χ2v) is 9.38. The van der Waals surface area contributed by atoms with E-state index in [0.29, 0.717) is 23.9 Å². The molecule has 5 rings (SSSR count). The highest BCUT2D eigenvalue weighted by Crippen LogP contribution is 2.31. The maximum absolute atomic E-state index is 13.4. The Hall–Kier alpha value is -3.32. The number of piperidine rings is 1. The number of H-pyrrole nitrogens is 1. The molecule has 0 spiro atoms. The molecule has 1 fully saturated rings. The predicted molar refractivity (Wildman–Crippen MR) is 129 cm³/mol. The first-order chi connectivity index (χ1) is 16.0. The summed E-state index contributed by atoms with van der Waals surface area (Å²) in [7, 11) is 0. The zero-order valence-electron chi connectivity index (χ0n) is 19.5. The van der Waals surface area contributed by atoms with Crippen LogP contribution in [0.25, 0.3) is 10.9 Å². The Labute approximate surface area is 193 Å². The molecule has 2 aromatic heterocycles. The zero-order valence-corrected chi connectivity index (χ0v) is 19.5. The Morgan fingerprint density at radius 1 is 1.06 bits per heavy atom. The van der Waals surface area contributed by atoms with Crippen molar-refractivity contribution in [3.8, 4) is 0 Å². The van der Waals surface area contributed by atoms with Crippen LogP contribution < -0.4 is 5.56 Å². The van der Waals surface area contributed by atoms with Gasteiger partial charge in [0.15, 0.2) is 5.82 Å². The number of nitrogens with one attached hydrogen (secondary N) is 1. The highest BCUT2D eigenvalue weighted by Gasteiger charge is 2.32. The fraction of sp³-hybridized carbons (Fsp3) is 0.385. The van der Waals surface area contributed by atoms with Crippen LogP contribution in [-0.2, 0) is 6.54 Å². The van der Waals surface area contributed by atoms with Crippen LogP contribution in [0.4, 0.5) is 0 Å². The predicted octanol–water partition coefficient (Wildman–Crippen LogP) is 4.00. The minimum absolute atomic E-state index is 0.0800. The Morgan fingerprint density at radius 3 is 2.55 bits per heavy atom. The SMILES string of the molecule is Cc1cc2cc(C(c3nnnn3Cc3ccccc3)N3CCC(C)CC3)c(=O)[nH]c2cc1C. The second-order valence-electron chi connectivity index (χ2n) is 9.38. The Bertz CT molecular complexity index is 1320. The summed E-state index contributed by atoms with van der Waals surface area (Å²) in [6, 6.07) is 16.1. The van der Waals surface area contributed by atoms with Crippen molar-refractivity contribution in [1.82, 2.24) is 30.1 Å². The van der Waals surface area contributed by atoms with Crippen molar-refractivity contribution in [1.29, 1.82) is 0 Å². The molecule has 1 atom stereocenters. The average molecular weight is 443 g/mol. The Morgan fingerprint density at radius 2 is 1.79 bits per heavy atom. The van der Waals surface area contributed by atoms with Gasteiger partial charge in [0.25, 0.3) is 5.56 Å². The third kappa shape index (κ3) is 4.33. The van der Waals surface area contributed by atoms with Gasteiger partial charge in [-0.2, -0.15) is 0 Å². The van der Waals surface area contributed by atoms with Gasteiger partial charge in [-0.25, -0.2) is 4.68 Å². The van der Waals surface area contributed by atoms with Crippen LogP contribution in [0.3, 0.4) is 0 Å². The van der Waals surface area contributed by atoms with E-state index in [9.17, 15) is 4.79 Å². The molecule has 0 aliphatic carbocycles. The number of likely N-dealkylation sites (tertiary alicyclic amines) is 1. The number of benzene rings is 2. The number of aromatic nitrogens is 5. The fourth-order valence-corrected chi connectivity index (χ4v) is 4.76. The lowest BCUT2D eigenvalue weighted by Gasteiger charge is -2.35. The normalized spacial score (nSPS) is 16.3. The van der Waals surface area contributed by atoms with E-state index >= 15 is 0 Å². The van der Waals surface area contributed by atoms with Gasteiger partial charge in [0, 0.05) is 11.1 Å². The molecular weight excluding hydrogens is 412 g/mol. The van der Waals surface area contributed by atoms with Crippen molar-refractivity contribution in [2.45, 2.75) is 46.2 Å². The summed E-state index contributed by atoms with van der Waals surface area (Å²) in [6.45, 7) is 8.84. The number of hydrogen-bond acceptors (Lipinski definition) is 5. The van der Waals surface area contributed by atoms with Crippen molar-refractivity contribution >= 4 is 10.9 Å². The summed E-state index contributed by atoms with van der Waals surface area (Å²) in [5.41, 5.74) is 4.97. The number of rotatable bonds is 5. The lowest BCUT2D eigenvalue weighted by atomic mass is 9.95. The summed E-state index contributed by atoms with van der Waals surface area (Å²) < 4.78 is 1.84. The van der Waals surface area contributed by atoms with E-state index in [1.807, 2.05) is 35.0 Å². The second kappa shape index (κ2) is 8.90. The third-order valence-electron chi connectivity index (χ3n) is 6.94. The van der Waals surface area contributed by atoms with Crippen LogP contribution in [-0.4, -0.2) is 43.2 Å². The van der Waals surface area contributed by atoms with E-state index in [1.54, 1.807) is 0 Å². The Kier molecular flexibility index (Phi) is 5.81. The molecule has 2 aromatic carbocycles. The van der Waals surface area contributed by atoms with Crippen LogP contribution >= 0.6 is 0 Å². The third-order valence-corrected chi connectivity index (χ3v) is 6.94. The van der Waals surface area contributed by atoms with Gasteiger partial charge in [-0.3, -0.25) is 9.69 Å². The molecule has 33 heavy (non-hydrogen) atoms. The molecule has 0 amide bonds. The number of aryl methyl sites for hydroxylation is 2. The molecule has 0 radical (unpaired) electrons. The topological polar surface area (TPSA) is 79.7 Å². The first-order valence-corrected chi connectivity index (χ1v) is 11.7. The lowest BCUT2D eigenvalue weighted by molar-refractivity contribution is 0.149. The molecule has 4 aromatic rings. The van der Waals surface area contributed by atoms with Crippen LogP contribution in [0.5, 0.6) is 0 Å². The lowest BCUT2D eigenvalue weighted by Crippen LogP contribution is -2.40. The van der Waals surface area contributed by atoms with Crippen LogP contribution in [0.15, 0.2) is 53.3 Å². The van der Waals surface area contributed by atoms with Crippen LogP contribution in [0, 0.1) is 19.8 Å². The molecular formula is C26H30N6O. The highest BCUT2D eigenvalue weighted by atomic mass is 16.1. The smallest absolute Gasteiger partial charge is 0.253 e. The molecule has 1 saturated heterocycles. The molecule has 0 saturated carbocycles. The van der Waals surface area contributed by atoms with Gasteiger partial charge in [0.1, 0.15) is 6.04 Å². The minimum Gasteiger partial charge on any atom is -0.322 e. The van der Waals surface area contributed by atoms with E-state index in [0.717, 1.165) is 42.4 Å². The molecule has 3 heterocycles. The van der Waals surface area contributed by atoms with Crippen molar-refractivity contribution in [2.75, 3.05) is 13.1 Å². The molecule has 7 heteroatoms. The quantitative estimate of drug-likeness (QED) is 0.505. The minimum atomic E-state index is -0.300. The molecule has 0 bridgehead atoms. The Balaban J connectivity index is 1.62. The van der Waals surface area contributed by atoms with Gasteiger partial charge in [-0.05, 0) is 96.4 Å². The van der Waals surface area contributed by atoms with Crippen molar-refractivity contribution in [3.05, 3.63) is 87.0 Å². The van der Waals surface area contributed by atoms with Gasteiger partial charge >= 0.3 is 0 Å². The summed E-state index contributed by atoms with van der Waals surface area (Å²) in [5, 5.41) is 13.8. The van der Waals surface area contributed by atoms with E-state index in [1.165, 1.54) is 11.1 Å². The van der Waals surface area contributed by atoms with Crippen LogP contribution in [0.1, 0.15) is 53.9 Å². The van der Waals surface area contributed by atoms with Crippen molar-refractivity contribution in [2.24, 2.45) is 5.92 Å². The molecule has 170 valence electrons. The molecule has 1 aliphatic heterocycles. The zero-order chi connectivity index (χ0) is 22.9.